The second kappa shape index (κ2) is 6.04. The Bertz CT molecular complexity index is 363. The molecule has 1 rings (SSSR count). The minimum atomic E-state index is 0.675. The molecule has 0 atom stereocenters. The highest BCUT2D eigenvalue weighted by atomic mass is 79.9. The van der Waals surface area contributed by atoms with E-state index in [-0.39, 0.29) is 0 Å². The highest BCUT2D eigenvalue weighted by Gasteiger charge is 2.08. The number of aldehydes is 1. The van der Waals surface area contributed by atoms with Crippen LogP contribution in [0.15, 0.2) is 22.7 Å². The van der Waals surface area contributed by atoms with E-state index in [1.165, 1.54) is 0 Å². The summed E-state index contributed by atoms with van der Waals surface area (Å²) in [5.41, 5.74) is 1.74. The molecule has 0 fully saturated rings. The molecule has 0 spiro atoms. The highest BCUT2D eigenvalue weighted by molar-refractivity contribution is 9.10. The first-order valence-corrected chi connectivity index (χ1v) is 6.29. The summed E-state index contributed by atoms with van der Waals surface area (Å²) in [7, 11) is 2.02. The van der Waals surface area contributed by atoms with Gasteiger partial charge in [0, 0.05) is 29.3 Å². The summed E-state index contributed by atoms with van der Waals surface area (Å²) < 4.78 is 1.00. The van der Waals surface area contributed by atoms with Gasteiger partial charge in [0.05, 0.1) is 0 Å². The van der Waals surface area contributed by atoms with Gasteiger partial charge in [-0.3, -0.25) is 4.79 Å². The number of benzene rings is 1. The van der Waals surface area contributed by atoms with E-state index in [4.69, 9.17) is 0 Å². The lowest BCUT2D eigenvalue weighted by molar-refractivity contribution is 0.112. The first-order chi connectivity index (χ1) is 7.54. The maximum atomic E-state index is 10.9. The van der Waals surface area contributed by atoms with Crippen molar-refractivity contribution >= 4 is 27.9 Å². The van der Waals surface area contributed by atoms with Gasteiger partial charge < -0.3 is 4.90 Å². The smallest absolute Gasteiger partial charge is 0.152 e. The molecule has 0 radical (unpaired) electrons. The second-order valence-corrected chi connectivity index (χ2v) is 5.34. The van der Waals surface area contributed by atoms with Crippen LogP contribution in [-0.2, 0) is 0 Å². The van der Waals surface area contributed by atoms with Gasteiger partial charge in [-0.25, -0.2) is 0 Å². The summed E-state index contributed by atoms with van der Waals surface area (Å²) in [5.74, 6) is 0.675. The van der Waals surface area contributed by atoms with Gasteiger partial charge in [0.2, 0.25) is 0 Å². The van der Waals surface area contributed by atoms with Crippen molar-refractivity contribution in [3.63, 3.8) is 0 Å². The van der Waals surface area contributed by atoms with E-state index in [9.17, 15) is 4.79 Å². The first kappa shape index (κ1) is 13.2. The summed E-state index contributed by atoms with van der Waals surface area (Å²) >= 11 is 3.43. The predicted molar refractivity (Wildman–Crippen MR) is 72.3 cm³/mol. The average molecular weight is 284 g/mol. The van der Waals surface area contributed by atoms with Gasteiger partial charge in [0.25, 0.3) is 0 Å². The van der Waals surface area contributed by atoms with Gasteiger partial charge in [-0.1, -0.05) is 29.8 Å². The van der Waals surface area contributed by atoms with Crippen LogP contribution in [0, 0.1) is 5.92 Å². The number of carbonyl (C=O) groups excluding carboxylic acids is 1. The molecule has 0 aromatic heterocycles. The molecule has 0 bridgehead atoms. The normalized spacial score (nSPS) is 10.6. The standard InChI is InChI=1S/C13H18BrNO/c1-10(2)6-7-15(3)13-8-12(14)5-4-11(13)9-16/h4-5,8-10H,6-7H2,1-3H3. The lowest BCUT2D eigenvalue weighted by atomic mass is 10.1. The molecule has 88 valence electrons. The summed E-state index contributed by atoms with van der Waals surface area (Å²) in [6.45, 7) is 5.37. The number of halogens is 1. The van der Waals surface area contributed by atoms with Crippen molar-refractivity contribution in [1.29, 1.82) is 0 Å². The van der Waals surface area contributed by atoms with Crippen molar-refractivity contribution in [3.8, 4) is 0 Å². The van der Waals surface area contributed by atoms with Gasteiger partial charge in [-0.05, 0) is 30.5 Å². The molecule has 0 unspecified atom stereocenters. The fraction of sp³-hybridized carbons (Fsp3) is 0.462. The molecule has 0 saturated heterocycles. The van der Waals surface area contributed by atoms with Crippen LogP contribution >= 0.6 is 15.9 Å². The maximum absolute atomic E-state index is 10.9. The molecular formula is C13H18BrNO. The van der Waals surface area contributed by atoms with Crippen molar-refractivity contribution in [2.45, 2.75) is 20.3 Å². The third-order valence-electron chi connectivity index (χ3n) is 2.57. The molecule has 1 aromatic carbocycles. The summed E-state index contributed by atoms with van der Waals surface area (Å²) in [6, 6.07) is 5.73. The van der Waals surface area contributed by atoms with Crippen LogP contribution in [0.25, 0.3) is 0 Å². The van der Waals surface area contributed by atoms with Crippen molar-refractivity contribution in [3.05, 3.63) is 28.2 Å². The van der Waals surface area contributed by atoms with E-state index in [2.05, 4.69) is 34.7 Å². The van der Waals surface area contributed by atoms with Crippen molar-refractivity contribution in [1.82, 2.24) is 0 Å². The fourth-order valence-electron chi connectivity index (χ4n) is 1.52. The molecule has 0 N–H and O–H groups in total. The zero-order chi connectivity index (χ0) is 12.1. The van der Waals surface area contributed by atoms with Crippen LogP contribution in [0.5, 0.6) is 0 Å². The van der Waals surface area contributed by atoms with E-state index in [1.54, 1.807) is 0 Å². The minimum absolute atomic E-state index is 0.675. The number of hydrogen-bond acceptors (Lipinski definition) is 2. The number of nitrogens with zero attached hydrogens (tertiary/aromatic N) is 1. The average Bonchev–Trinajstić information content (AvgIpc) is 2.25. The molecule has 2 nitrogen and oxygen atoms in total. The van der Waals surface area contributed by atoms with Gasteiger partial charge in [-0.15, -0.1) is 0 Å². The third-order valence-corrected chi connectivity index (χ3v) is 3.07. The Kier molecular flexibility index (Phi) is 5.00. The van der Waals surface area contributed by atoms with E-state index in [0.717, 1.165) is 35.0 Å². The van der Waals surface area contributed by atoms with E-state index in [1.807, 2.05) is 25.2 Å². The van der Waals surface area contributed by atoms with Crippen LogP contribution in [-0.4, -0.2) is 19.9 Å². The molecule has 0 amide bonds. The zero-order valence-electron chi connectivity index (χ0n) is 10.0. The second-order valence-electron chi connectivity index (χ2n) is 4.43. The van der Waals surface area contributed by atoms with E-state index >= 15 is 0 Å². The number of carbonyl (C=O) groups is 1. The summed E-state index contributed by atoms with van der Waals surface area (Å²) in [4.78, 5) is 13.1. The number of hydrogen-bond donors (Lipinski definition) is 0. The Morgan fingerprint density at radius 3 is 2.69 bits per heavy atom. The Morgan fingerprint density at radius 2 is 2.12 bits per heavy atom. The van der Waals surface area contributed by atoms with Gasteiger partial charge in [0.15, 0.2) is 6.29 Å². The summed E-state index contributed by atoms with van der Waals surface area (Å²) in [5, 5.41) is 0. The Hall–Kier alpha value is -0.830. The van der Waals surface area contributed by atoms with Crippen molar-refractivity contribution < 1.29 is 4.79 Å². The van der Waals surface area contributed by atoms with Crippen molar-refractivity contribution in [2.24, 2.45) is 5.92 Å². The topological polar surface area (TPSA) is 20.3 Å². The quantitative estimate of drug-likeness (QED) is 0.768. The zero-order valence-corrected chi connectivity index (χ0v) is 11.6. The van der Waals surface area contributed by atoms with Crippen LogP contribution < -0.4 is 4.90 Å². The predicted octanol–water partition coefficient (Wildman–Crippen LogP) is 3.74. The summed E-state index contributed by atoms with van der Waals surface area (Å²) in [6.07, 6.45) is 2.04. The van der Waals surface area contributed by atoms with E-state index < -0.39 is 0 Å². The highest BCUT2D eigenvalue weighted by Crippen LogP contribution is 2.23. The number of rotatable bonds is 5. The minimum Gasteiger partial charge on any atom is -0.374 e. The van der Waals surface area contributed by atoms with Gasteiger partial charge in [-0.2, -0.15) is 0 Å². The molecule has 3 heteroatoms. The monoisotopic (exact) mass is 283 g/mol. The molecule has 0 saturated carbocycles. The Labute approximate surface area is 106 Å². The van der Waals surface area contributed by atoms with Crippen LogP contribution in [0.1, 0.15) is 30.6 Å². The third kappa shape index (κ3) is 3.63. The fourth-order valence-corrected chi connectivity index (χ4v) is 1.87. The molecule has 0 heterocycles. The van der Waals surface area contributed by atoms with E-state index in [0.29, 0.717) is 5.92 Å². The first-order valence-electron chi connectivity index (χ1n) is 5.50. The molecule has 1 aromatic rings. The molecule has 0 aliphatic carbocycles. The maximum Gasteiger partial charge on any atom is 0.152 e. The Morgan fingerprint density at radius 1 is 1.44 bits per heavy atom. The lowest BCUT2D eigenvalue weighted by Crippen LogP contribution is -2.21. The van der Waals surface area contributed by atoms with Crippen LogP contribution in [0.2, 0.25) is 0 Å². The van der Waals surface area contributed by atoms with Crippen LogP contribution in [0.3, 0.4) is 0 Å². The largest absolute Gasteiger partial charge is 0.374 e. The molecule has 0 aliphatic rings. The number of anilines is 1. The van der Waals surface area contributed by atoms with Crippen LogP contribution in [0.4, 0.5) is 5.69 Å². The molecule has 0 aliphatic heterocycles. The molecular weight excluding hydrogens is 266 g/mol. The molecule has 16 heavy (non-hydrogen) atoms. The lowest BCUT2D eigenvalue weighted by Gasteiger charge is -2.22. The Balaban J connectivity index is 2.84. The van der Waals surface area contributed by atoms with Crippen molar-refractivity contribution in [2.75, 3.05) is 18.5 Å². The SMILES string of the molecule is CC(C)CCN(C)c1cc(Br)ccc1C=O. The van der Waals surface area contributed by atoms with Gasteiger partial charge in [0.1, 0.15) is 0 Å². The van der Waals surface area contributed by atoms with Gasteiger partial charge >= 0.3 is 0 Å².